The van der Waals surface area contributed by atoms with E-state index < -0.39 is 11.6 Å². The van der Waals surface area contributed by atoms with Gasteiger partial charge in [-0.05, 0) is 48.5 Å². The van der Waals surface area contributed by atoms with Gasteiger partial charge in [-0.1, -0.05) is 23.7 Å². The average molecular weight is 487 g/mol. The molecule has 0 saturated heterocycles. The fourth-order valence-electron chi connectivity index (χ4n) is 3.01. The molecule has 1 N–H and O–H groups in total. The number of aromatic nitrogens is 1. The number of rotatable bonds is 7. The van der Waals surface area contributed by atoms with Gasteiger partial charge in [-0.25, -0.2) is 13.8 Å². The van der Waals surface area contributed by atoms with Crippen LogP contribution in [0.3, 0.4) is 0 Å². The molecule has 1 heterocycles. The number of carbonyl (C=O) groups is 1. The average Bonchev–Trinajstić information content (AvgIpc) is 3.29. The van der Waals surface area contributed by atoms with E-state index in [0.717, 1.165) is 0 Å². The molecule has 1 amide bonds. The quantitative estimate of drug-likeness (QED) is 0.320. The van der Waals surface area contributed by atoms with Crippen molar-refractivity contribution in [3.63, 3.8) is 0 Å². The van der Waals surface area contributed by atoms with Crippen molar-refractivity contribution >= 4 is 34.5 Å². The van der Waals surface area contributed by atoms with Crippen LogP contribution < -0.4 is 14.8 Å². The second-order valence-corrected chi connectivity index (χ2v) is 8.15. The number of hydrogen-bond donors (Lipinski definition) is 1. The van der Waals surface area contributed by atoms with Crippen LogP contribution in [-0.4, -0.2) is 18.0 Å². The van der Waals surface area contributed by atoms with Gasteiger partial charge in [0.25, 0.3) is 5.91 Å². The molecule has 0 saturated carbocycles. The number of anilines is 1. The van der Waals surface area contributed by atoms with E-state index in [2.05, 4.69) is 10.3 Å². The zero-order chi connectivity index (χ0) is 23.4. The van der Waals surface area contributed by atoms with Crippen LogP contribution in [0.2, 0.25) is 5.02 Å². The first kappa shape index (κ1) is 22.7. The second kappa shape index (κ2) is 9.97. The van der Waals surface area contributed by atoms with Gasteiger partial charge in [-0.3, -0.25) is 4.79 Å². The third-order valence-electron chi connectivity index (χ3n) is 4.66. The minimum absolute atomic E-state index is 0.168. The molecular weight excluding hydrogens is 470 g/mol. The Morgan fingerprint density at radius 3 is 2.55 bits per heavy atom. The van der Waals surface area contributed by atoms with E-state index in [1.165, 1.54) is 36.6 Å². The highest BCUT2D eigenvalue weighted by Crippen LogP contribution is 2.34. The Labute approximate surface area is 197 Å². The molecule has 4 aromatic rings. The van der Waals surface area contributed by atoms with Crippen molar-refractivity contribution in [3.8, 4) is 22.1 Å². The molecule has 5 nitrogen and oxygen atoms in total. The zero-order valence-corrected chi connectivity index (χ0v) is 18.8. The van der Waals surface area contributed by atoms with Crippen LogP contribution in [0.4, 0.5) is 14.5 Å². The molecule has 0 unspecified atom stereocenters. The van der Waals surface area contributed by atoms with Crippen LogP contribution in [-0.2, 0) is 6.61 Å². The van der Waals surface area contributed by atoms with E-state index in [-0.39, 0.29) is 23.8 Å². The maximum Gasteiger partial charge on any atom is 0.275 e. The van der Waals surface area contributed by atoms with E-state index >= 15 is 0 Å². The monoisotopic (exact) mass is 486 g/mol. The molecule has 168 valence electrons. The van der Waals surface area contributed by atoms with Crippen LogP contribution in [0, 0.1) is 11.6 Å². The maximum atomic E-state index is 13.8. The summed E-state index contributed by atoms with van der Waals surface area (Å²) in [7, 11) is 1.46. The predicted octanol–water partition coefficient (Wildman–Crippen LogP) is 6.58. The number of amides is 1. The van der Waals surface area contributed by atoms with E-state index in [1.54, 1.807) is 47.8 Å². The van der Waals surface area contributed by atoms with E-state index in [9.17, 15) is 13.6 Å². The lowest BCUT2D eigenvalue weighted by Gasteiger charge is -2.12. The van der Waals surface area contributed by atoms with Crippen molar-refractivity contribution in [2.75, 3.05) is 12.4 Å². The molecule has 0 bridgehead atoms. The van der Waals surface area contributed by atoms with Gasteiger partial charge in [0, 0.05) is 21.7 Å². The lowest BCUT2D eigenvalue weighted by molar-refractivity contribution is 0.102. The van der Waals surface area contributed by atoms with Crippen LogP contribution in [0.1, 0.15) is 16.1 Å². The maximum absolute atomic E-state index is 13.8. The molecule has 0 aliphatic rings. The Morgan fingerprint density at radius 1 is 1.06 bits per heavy atom. The van der Waals surface area contributed by atoms with Crippen molar-refractivity contribution in [2.45, 2.75) is 6.61 Å². The number of carbonyl (C=O) groups excluding carboxylic acids is 1. The Balaban J connectivity index is 1.50. The van der Waals surface area contributed by atoms with Crippen molar-refractivity contribution in [1.29, 1.82) is 0 Å². The molecule has 0 spiro atoms. The van der Waals surface area contributed by atoms with Crippen molar-refractivity contribution < 1.29 is 23.0 Å². The molecule has 0 radical (unpaired) electrons. The van der Waals surface area contributed by atoms with E-state index in [1.807, 2.05) is 0 Å². The Bertz CT molecular complexity index is 1290. The Morgan fingerprint density at radius 2 is 1.82 bits per heavy atom. The summed E-state index contributed by atoms with van der Waals surface area (Å²) in [5.41, 5.74) is 1.35. The fraction of sp³-hybridized carbons (Fsp3) is 0.0833. The molecule has 4 rings (SSSR count). The summed E-state index contributed by atoms with van der Waals surface area (Å²) in [5.74, 6) is -1.05. The summed E-state index contributed by atoms with van der Waals surface area (Å²) in [4.78, 5) is 16.9. The number of halogens is 3. The highest BCUT2D eigenvalue weighted by molar-refractivity contribution is 7.13. The minimum atomic E-state index is -0.683. The minimum Gasteiger partial charge on any atom is -0.493 e. The molecule has 33 heavy (non-hydrogen) atoms. The fourth-order valence-corrected chi connectivity index (χ4v) is 4.00. The molecular formula is C24H17ClF2N2O3S. The van der Waals surface area contributed by atoms with Gasteiger partial charge in [-0.15, -0.1) is 11.3 Å². The summed E-state index contributed by atoms with van der Waals surface area (Å²) >= 11 is 7.24. The van der Waals surface area contributed by atoms with Gasteiger partial charge in [0.05, 0.1) is 12.7 Å². The summed E-state index contributed by atoms with van der Waals surface area (Å²) in [6, 6.07) is 15.5. The summed E-state index contributed by atoms with van der Waals surface area (Å²) in [6.07, 6.45) is 0. The van der Waals surface area contributed by atoms with E-state index in [4.69, 9.17) is 21.1 Å². The lowest BCUT2D eigenvalue weighted by Crippen LogP contribution is -2.12. The highest BCUT2D eigenvalue weighted by Gasteiger charge is 2.16. The molecule has 0 aliphatic carbocycles. The Hall–Kier alpha value is -3.49. The first-order valence-corrected chi connectivity index (χ1v) is 11.0. The van der Waals surface area contributed by atoms with Gasteiger partial charge in [-0.2, -0.15) is 0 Å². The number of benzene rings is 3. The topological polar surface area (TPSA) is 60.5 Å². The van der Waals surface area contributed by atoms with Crippen LogP contribution in [0.25, 0.3) is 10.6 Å². The van der Waals surface area contributed by atoms with Crippen LogP contribution in [0.5, 0.6) is 11.5 Å². The Kier molecular flexibility index (Phi) is 6.86. The van der Waals surface area contributed by atoms with Gasteiger partial charge in [0.2, 0.25) is 0 Å². The number of methoxy groups -OCH3 is 1. The lowest BCUT2D eigenvalue weighted by atomic mass is 10.2. The molecule has 0 atom stereocenters. The third kappa shape index (κ3) is 5.30. The number of thiazole rings is 1. The SMILES string of the molecule is COc1cc(-c2nc(C(=O)Nc3cccc(Cl)c3)cs2)ccc1OCc1c(F)cccc1F. The van der Waals surface area contributed by atoms with Crippen LogP contribution in [0.15, 0.2) is 66.0 Å². The van der Waals surface area contributed by atoms with Crippen molar-refractivity contribution in [2.24, 2.45) is 0 Å². The highest BCUT2D eigenvalue weighted by atomic mass is 35.5. The van der Waals surface area contributed by atoms with E-state index in [0.29, 0.717) is 32.8 Å². The predicted molar refractivity (Wildman–Crippen MR) is 124 cm³/mol. The first-order chi connectivity index (χ1) is 15.9. The number of nitrogens with one attached hydrogen (secondary N) is 1. The number of ether oxygens (including phenoxy) is 2. The first-order valence-electron chi connectivity index (χ1n) is 9.71. The van der Waals surface area contributed by atoms with Crippen molar-refractivity contribution in [3.05, 3.63) is 94.0 Å². The zero-order valence-electron chi connectivity index (χ0n) is 17.3. The molecule has 0 aliphatic heterocycles. The number of hydrogen-bond acceptors (Lipinski definition) is 5. The van der Waals surface area contributed by atoms with Gasteiger partial charge in [0.1, 0.15) is 28.9 Å². The molecule has 9 heteroatoms. The van der Waals surface area contributed by atoms with Gasteiger partial charge < -0.3 is 14.8 Å². The third-order valence-corrected chi connectivity index (χ3v) is 5.79. The molecule has 1 aromatic heterocycles. The smallest absolute Gasteiger partial charge is 0.275 e. The summed E-state index contributed by atoms with van der Waals surface area (Å²) in [6.45, 7) is -0.292. The summed E-state index contributed by atoms with van der Waals surface area (Å²) < 4.78 is 38.7. The molecule has 3 aromatic carbocycles. The number of nitrogens with zero attached hydrogens (tertiary/aromatic N) is 1. The van der Waals surface area contributed by atoms with Gasteiger partial charge in [0.15, 0.2) is 11.5 Å². The largest absolute Gasteiger partial charge is 0.493 e. The van der Waals surface area contributed by atoms with Crippen LogP contribution >= 0.6 is 22.9 Å². The normalized spacial score (nSPS) is 10.7. The standard InChI is InChI=1S/C24H17ClF2N2O3S/c1-31-22-10-14(8-9-21(22)32-12-17-18(26)6-3-7-19(17)27)24-29-20(13-33-24)23(30)28-16-5-2-4-15(25)11-16/h2-11,13H,12H2,1H3,(H,28,30). The second-order valence-electron chi connectivity index (χ2n) is 6.86. The van der Waals surface area contributed by atoms with Crippen molar-refractivity contribution in [1.82, 2.24) is 4.98 Å². The summed E-state index contributed by atoms with van der Waals surface area (Å²) in [5, 5.41) is 5.50. The van der Waals surface area contributed by atoms with Gasteiger partial charge >= 0.3 is 0 Å². The molecule has 0 fully saturated rings.